The van der Waals surface area contributed by atoms with Crippen LogP contribution in [0.1, 0.15) is 55.2 Å². The topological polar surface area (TPSA) is 63.6 Å². The third-order valence-corrected chi connectivity index (χ3v) is 8.26. The molecule has 0 spiro atoms. The fourth-order valence-corrected chi connectivity index (χ4v) is 6.39. The summed E-state index contributed by atoms with van der Waals surface area (Å²) in [4.78, 5) is 29.5. The lowest BCUT2D eigenvalue weighted by Crippen LogP contribution is -2.47. The SMILES string of the molecule is COc1cc2c(cc1NC(=O)CCl)-c1c(-c3cccs3)c3c(n1CC2)C(=O)N(C(C)(C)C)CCCC3. The number of ether oxygens (including phenoxy) is 1. The summed E-state index contributed by atoms with van der Waals surface area (Å²) < 4.78 is 7.84. The van der Waals surface area contributed by atoms with Gasteiger partial charge in [-0.3, -0.25) is 9.59 Å². The molecule has 4 heterocycles. The number of rotatable bonds is 4. The average Bonchev–Trinajstić information content (AvgIpc) is 3.46. The lowest BCUT2D eigenvalue weighted by molar-refractivity contribution is -0.113. The highest BCUT2D eigenvalue weighted by atomic mass is 35.5. The third kappa shape index (κ3) is 4.22. The van der Waals surface area contributed by atoms with E-state index in [0.717, 1.165) is 77.3 Å². The molecule has 0 unspecified atom stereocenters. The Balaban J connectivity index is 1.79. The summed E-state index contributed by atoms with van der Waals surface area (Å²) in [5, 5.41) is 4.97. The van der Waals surface area contributed by atoms with E-state index in [1.54, 1.807) is 18.4 Å². The number of halogens is 1. The van der Waals surface area contributed by atoms with Crippen LogP contribution in [0.25, 0.3) is 21.7 Å². The van der Waals surface area contributed by atoms with Gasteiger partial charge in [-0.05, 0) is 81.2 Å². The minimum Gasteiger partial charge on any atom is -0.495 e. The quantitative estimate of drug-likeness (QED) is 0.412. The maximum Gasteiger partial charge on any atom is 0.271 e. The maximum atomic E-state index is 14.2. The van der Waals surface area contributed by atoms with Gasteiger partial charge in [0, 0.05) is 34.6 Å². The summed E-state index contributed by atoms with van der Waals surface area (Å²) in [6, 6.07) is 8.20. The average molecular weight is 526 g/mol. The molecule has 6 nitrogen and oxygen atoms in total. The molecule has 1 N–H and O–H groups in total. The molecule has 1 aromatic carbocycles. The molecule has 36 heavy (non-hydrogen) atoms. The molecule has 0 saturated heterocycles. The number of aryl methyl sites for hydroxylation is 1. The van der Waals surface area contributed by atoms with Gasteiger partial charge in [-0.25, -0.2) is 0 Å². The van der Waals surface area contributed by atoms with Crippen molar-refractivity contribution in [2.24, 2.45) is 0 Å². The molecule has 2 aliphatic rings. The Morgan fingerprint density at radius 3 is 2.64 bits per heavy atom. The van der Waals surface area contributed by atoms with Crippen molar-refractivity contribution in [2.45, 2.75) is 58.5 Å². The summed E-state index contributed by atoms with van der Waals surface area (Å²) >= 11 is 7.48. The molecule has 0 aliphatic carbocycles. The first-order valence-electron chi connectivity index (χ1n) is 12.4. The number of alkyl halides is 1. The highest BCUT2D eigenvalue weighted by molar-refractivity contribution is 7.13. The number of thiophene rings is 1. The van der Waals surface area contributed by atoms with Crippen molar-refractivity contribution in [2.75, 3.05) is 24.9 Å². The maximum absolute atomic E-state index is 14.2. The molecule has 2 aromatic heterocycles. The fourth-order valence-electron chi connectivity index (χ4n) is 5.52. The van der Waals surface area contributed by atoms with E-state index < -0.39 is 0 Å². The van der Waals surface area contributed by atoms with E-state index in [1.165, 1.54) is 0 Å². The van der Waals surface area contributed by atoms with Gasteiger partial charge >= 0.3 is 0 Å². The third-order valence-electron chi connectivity index (χ3n) is 7.13. The number of amides is 2. The predicted octanol–water partition coefficient (Wildman–Crippen LogP) is 6.20. The Kier molecular flexibility index (Phi) is 6.64. The van der Waals surface area contributed by atoms with E-state index in [1.807, 2.05) is 17.0 Å². The number of benzene rings is 1. The molecule has 2 amide bonds. The van der Waals surface area contributed by atoms with Gasteiger partial charge in [0.25, 0.3) is 5.91 Å². The summed E-state index contributed by atoms with van der Waals surface area (Å²) in [6.07, 6.45) is 3.65. The molecule has 0 bridgehead atoms. The second-order valence-corrected chi connectivity index (χ2v) is 11.6. The zero-order valence-electron chi connectivity index (χ0n) is 21.2. The van der Waals surface area contributed by atoms with Gasteiger partial charge in [0.1, 0.15) is 17.3 Å². The fraction of sp³-hybridized carbons (Fsp3) is 0.429. The van der Waals surface area contributed by atoms with Gasteiger partial charge in [0.2, 0.25) is 5.91 Å². The number of hydrogen-bond acceptors (Lipinski definition) is 4. The zero-order valence-corrected chi connectivity index (χ0v) is 22.8. The van der Waals surface area contributed by atoms with Crippen molar-refractivity contribution < 1.29 is 14.3 Å². The Bertz CT molecular complexity index is 1320. The Morgan fingerprint density at radius 2 is 1.97 bits per heavy atom. The number of nitrogens with zero attached hydrogens (tertiary/aromatic N) is 2. The summed E-state index contributed by atoms with van der Waals surface area (Å²) in [6.45, 7) is 7.81. The van der Waals surface area contributed by atoms with Crippen molar-refractivity contribution in [3.63, 3.8) is 0 Å². The Morgan fingerprint density at radius 1 is 1.17 bits per heavy atom. The number of methoxy groups -OCH3 is 1. The van der Waals surface area contributed by atoms with E-state index in [4.69, 9.17) is 16.3 Å². The van der Waals surface area contributed by atoms with Gasteiger partial charge in [0.15, 0.2) is 0 Å². The van der Waals surface area contributed by atoms with Crippen molar-refractivity contribution in [1.82, 2.24) is 9.47 Å². The molecular formula is C28H32ClN3O3S. The standard InChI is InChI=1S/C28H32ClN3O3S/c1-28(2,3)32-11-6-5-8-18-24(22-9-7-13-36-22)25-19-15-20(30-23(33)16-29)21(35-4)14-17(19)10-12-31(25)26(18)27(32)34/h7,9,13-15H,5-6,8,10-12,16H2,1-4H3,(H,30,33). The highest BCUT2D eigenvalue weighted by Gasteiger charge is 2.37. The van der Waals surface area contributed by atoms with Crippen molar-refractivity contribution in [1.29, 1.82) is 0 Å². The largest absolute Gasteiger partial charge is 0.495 e. The number of hydrogen-bond donors (Lipinski definition) is 1. The highest BCUT2D eigenvalue weighted by Crippen LogP contribution is 2.48. The van der Waals surface area contributed by atoms with Crippen molar-refractivity contribution in [3.05, 3.63) is 46.5 Å². The van der Waals surface area contributed by atoms with Crippen molar-refractivity contribution in [3.8, 4) is 27.4 Å². The molecule has 8 heteroatoms. The van der Waals surface area contributed by atoms with E-state index in [-0.39, 0.29) is 23.2 Å². The van der Waals surface area contributed by atoms with E-state index in [2.05, 4.69) is 48.2 Å². The van der Waals surface area contributed by atoms with Crippen LogP contribution < -0.4 is 10.1 Å². The second kappa shape index (κ2) is 9.60. The molecule has 2 aliphatic heterocycles. The predicted molar refractivity (Wildman–Crippen MR) is 147 cm³/mol. The normalized spacial score (nSPS) is 15.5. The molecule has 3 aromatic rings. The second-order valence-electron chi connectivity index (χ2n) is 10.4. The minimum absolute atomic E-state index is 0.105. The number of fused-ring (bicyclic) bond motifs is 5. The summed E-state index contributed by atoms with van der Waals surface area (Å²) in [5.41, 5.74) is 6.64. The smallest absolute Gasteiger partial charge is 0.271 e. The van der Waals surface area contributed by atoms with Gasteiger partial charge in [0.05, 0.1) is 18.5 Å². The summed E-state index contributed by atoms with van der Waals surface area (Å²) in [7, 11) is 1.60. The monoisotopic (exact) mass is 525 g/mol. The van der Waals surface area contributed by atoms with Crippen LogP contribution in [0.4, 0.5) is 5.69 Å². The Hall–Kier alpha value is -2.77. The number of carbonyl (C=O) groups is 2. The minimum atomic E-state index is -0.289. The Labute approximate surface area is 221 Å². The zero-order chi connectivity index (χ0) is 25.6. The van der Waals surface area contributed by atoms with Gasteiger partial charge in [-0.1, -0.05) is 6.07 Å². The molecular weight excluding hydrogens is 494 g/mol. The van der Waals surface area contributed by atoms with Gasteiger partial charge < -0.3 is 19.5 Å². The van der Waals surface area contributed by atoms with Crippen molar-refractivity contribution >= 4 is 40.4 Å². The number of anilines is 1. The van der Waals surface area contributed by atoms with Gasteiger partial charge in [-0.15, -0.1) is 22.9 Å². The van der Waals surface area contributed by atoms with Crippen LogP contribution in [0.15, 0.2) is 29.6 Å². The van der Waals surface area contributed by atoms with Crippen LogP contribution in [0.3, 0.4) is 0 Å². The molecule has 0 saturated carbocycles. The molecule has 0 atom stereocenters. The lowest BCUT2D eigenvalue weighted by Gasteiger charge is -2.37. The van der Waals surface area contributed by atoms with Crippen LogP contribution >= 0.6 is 22.9 Å². The van der Waals surface area contributed by atoms with E-state index in [9.17, 15) is 9.59 Å². The molecule has 5 rings (SSSR count). The number of carbonyl (C=O) groups excluding carboxylic acids is 2. The van der Waals surface area contributed by atoms with E-state index in [0.29, 0.717) is 11.4 Å². The molecule has 0 radical (unpaired) electrons. The number of aromatic nitrogens is 1. The summed E-state index contributed by atoms with van der Waals surface area (Å²) in [5.74, 6) is 0.289. The van der Waals surface area contributed by atoms with Crippen LogP contribution in [0.5, 0.6) is 5.75 Å². The number of nitrogens with one attached hydrogen (secondary N) is 1. The van der Waals surface area contributed by atoms with Crippen LogP contribution in [-0.2, 0) is 24.2 Å². The first-order chi connectivity index (χ1) is 17.2. The first-order valence-corrected chi connectivity index (χ1v) is 13.8. The van der Waals surface area contributed by atoms with Gasteiger partial charge in [-0.2, -0.15) is 0 Å². The lowest BCUT2D eigenvalue weighted by atomic mass is 9.92. The van der Waals surface area contributed by atoms with Crippen LogP contribution in [0.2, 0.25) is 0 Å². The molecule has 190 valence electrons. The first kappa shape index (κ1) is 24.9. The van der Waals surface area contributed by atoms with Crippen LogP contribution in [0, 0.1) is 0 Å². The van der Waals surface area contributed by atoms with Crippen LogP contribution in [-0.4, -0.2) is 46.4 Å². The molecule has 0 fully saturated rings. The van der Waals surface area contributed by atoms with E-state index >= 15 is 0 Å².